The Morgan fingerprint density at radius 2 is 1.64 bits per heavy atom. The number of carbonyl (C=O) groups excluding carboxylic acids is 1. The maximum absolute atomic E-state index is 14.1. The molecule has 0 aliphatic carbocycles. The molecule has 0 saturated heterocycles. The van der Waals surface area contributed by atoms with Crippen molar-refractivity contribution in [3.05, 3.63) is 131 Å². The zero-order chi connectivity index (χ0) is 26.9. The van der Waals surface area contributed by atoms with Crippen LogP contribution in [0.1, 0.15) is 53.5 Å². The second-order valence-corrected chi connectivity index (χ2v) is 10.1. The summed E-state index contributed by atoms with van der Waals surface area (Å²) in [7, 11) is 0. The molecule has 1 aliphatic heterocycles. The number of para-hydroxylation sites is 1. The molecule has 0 spiro atoms. The number of carbonyl (C=O) groups is 1. The Hall–Kier alpha value is -4.58. The summed E-state index contributed by atoms with van der Waals surface area (Å²) in [4.78, 5) is 16.1. The first-order valence-corrected chi connectivity index (χ1v) is 13.6. The van der Waals surface area contributed by atoms with Gasteiger partial charge in [0.15, 0.2) is 0 Å². The molecule has 0 radical (unpaired) electrons. The first-order valence-electron chi connectivity index (χ1n) is 13.6. The summed E-state index contributed by atoms with van der Waals surface area (Å²) in [5, 5.41) is 8.23. The summed E-state index contributed by atoms with van der Waals surface area (Å²) < 4.78 is 4.23. The maximum Gasteiger partial charge on any atom is 0.322 e. The number of nitrogens with zero attached hydrogens (tertiary/aromatic N) is 4. The fraction of sp³-hybridized carbons (Fsp3) is 0.212. The number of fused-ring (bicyclic) bond motifs is 3. The zero-order valence-electron chi connectivity index (χ0n) is 22.6. The van der Waals surface area contributed by atoms with Crippen LogP contribution in [0.4, 0.5) is 10.5 Å². The molecule has 6 heteroatoms. The van der Waals surface area contributed by atoms with Crippen LogP contribution in [-0.4, -0.2) is 25.3 Å². The highest BCUT2D eigenvalue weighted by atomic mass is 16.2. The number of benzene rings is 3. The number of hydrogen-bond donors (Lipinski definition) is 1. The molecule has 6 nitrogen and oxygen atoms in total. The Balaban J connectivity index is 1.52. The van der Waals surface area contributed by atoms with Crippen LogP contribution < -0.4 is 5.32 Å². The molecule has 3 heterocycles. The number of hydrogen-bond acceptors (Lipinski definition) is 2. The molecule has 1 aliphatic rings. The first-order chi connectivity index (χ1) is 19.1. The van der Waals surface area contributed by atoms with Gasteiger partial charge in [0.25, 0.3) is 0 Å². The average molecular weight is 516 g/mol. The van der Waals surface area contributed by atoms with E-state index in [2.05, 4.69) is 97.5 Å². The Morgan fingerprint density at radius 1 is 0.897 bits per heavy atom. The lowest BCUT2D eigenvalue weighted by atomic mass is 10.0. The lowest BCUT2D eigenvalue weighted by molar-refractivity contribution is 0.194. The van der Waals surface area contributed by atoms with Crippen molar-refractivity contribution in [3.8, 4) is 11.5 Å². The highest BCUT2D eigenvalue weighted by Gasteiger charge is 2.36. The van der Waals surface area contributed by atoms with Gasteiger partial charge in [-0.25, -0.2) is 9.48 Å². The number of anilines is 1. The fourth-order valence-electron chi connectivity index (χ4n) is 5.47. The number of amides is 2. The van der Waals surface area contributed by atoms with Crippen LogP contribution in [0.2, 0.25) is 0 Å². The molecule has 0 bridgehead atoms. The highest BCUT2D eigenvalue weighted by Crippen LogP contribution is 2.39. The molecule has 2 aromatic heterocycles. The third kappa shape index (κ3) is 4.52. The minimum Gasteiger partial charge on any atom is -0.308 e. The smallest absolute Gasteiger partial charge is 0.308 e. The van der Waals surface area contributed by atoms with E-state index >= 15 is 0 Å². The summed E-state index contributed by atoms with van der Waals surface area (Å²) in [5.74, 6) is 0.984. The molecule has 39 heavy (non-hydrogen) atoms. The Labute approximate surface area is 229 Å². The van der Waals surface area contributed by atoms with Crippen molar-refractivity contribution in [1.29, 1.82) is 0 Å². The Morgan fingerprint density at radius 3 is 2.33 bits per heavy atom. The van der Waals surface area contributed by atoms with Crippen molar-refractivity contribution in [1.82, 2.24) is 19.2 Å². The van der Waals surface area contributed by atoms with Crippen LogP contribution >= 0.6 is 0 Å². The third-order valence-electron chi connectivity index (χ3n) is 7.57. The van der Waals surface area contributed by atoms with E-state index in [1.54, 1.807) is 0 Å². The van der Waals surface area contributed by atoms with Gasteiger partial charge >= 0.3 is 6.03 Å². The molecule has 0 fully saturated rings. The number of rotatable bonds is 5. The van der Waals surface area contributed by atoms with Gasteiger partial charge in [0, 0.05) is 17.4 Å². The lowest BCUT2D eigenvalue weighted by Crippen LogP contribution is -2.38. The van der Waals surface area contributed by atoms with Gasteiger partial charge < -0.3 is 14.8 Å². The summed E-state index contributed by atoms with van der Waals surface area (Å²) in [6.45, 7) is 6.77. The monoisotopic (exact) mass is 515 g/mol. The van der Waals surface area contributed by atoms with Crippen LogP contribution in [-0.2, 0) is 19.4 Å². The van der Waals surface area contributed by atoms with E-state index in [4.69, 9.17) is 5.10 Å². The average Bonchev–Trinajstić information content (AvgIpc) is 3.56. The molecule has 0 saturated carbocycles. The summed E-state index contributed by atoms with van der Waals surface area (Å²) in [6.07, 6.45) is 3.81. The first kappa shape index (κ1) is 24.7. The van der Waals surface area contributed by atoms with Gasteiger partial charge in [-0.05, 0) is 67.3 Å². The molecular weight excluding hydrogens is 482 g/mol. The van der Waals surface area contributed by atoms with Crippen molar-refractivity contribution in [3.63, 3.8) is 0 Å². The molecule has 2 amide bonds. The highest BCUT2D eigenvalue weighted by molar-refractivity contribution is 5.90. The topological polar surface area (TPSA) is 55.1 Å². The Kier molecular flexibility index (Phi) is 6.53. The molecule has 1 N–H and O–H groups in total. The molecule has 1 atom stereocenters. The quantitative estimate of drug-likeness (QED) is 0.268. The molecule has 196 valence electrons. The van der Waals surface area contributed by atoms with Gasteiger partial charge in [-0.1, -0.05) is 74.0 Å². The van der Waals surface area contributed by atoms with E-state index in [1.807, 2.05) is 39.9 Å². The van der Waals surface area contributed by atoms with E-state index in [9.17, 15) is 4.79 Å². The second-order valence-electron chi connectivity index (χ2n) is 10.1. The van der Waals surface area contributed by atoms with E-state index in [-0.39, 0.29) is 12.1 Å². The summed E-state index contributed by atoms with van der Waals surface area (Å²) in [5.41, 5.74) is 8.35. The van der Waals surface area contributed by atoms with Gasteiger partial charge in [-0.15, -0.1) is 0 Å². The molecule has 3 aromatic carbocycles. The van der Waals surface area contributed by atoms with E-state index < -0.39 is 0 Å². The van der Waals surface area contributed by atoms with Crippen LogP contribution in [0.5, 0.6) is 0 Å². The normalized spacial score (nSPS) is 14.4. The van der Waals surface area contributed by atoms with Gasteiger partial charge in [0.05, 0.1) is 29.7 Å². The van der Waals surface area contributed by atoms with Crippen molar-refractivity contribution < 1.29 is 4.79 Å². The van der Waals surface area contributed by atoms with E-state index in [0.29, 0.717) is 6.54 Å². The zero-order valence-corrected chi connectivity index (χ0v) is 22.6. The number of aryl methyl sites for hydroxylation is 3. The molecule has 0 unspecified atom stereocenters. The predicted octanol–water partition coefficient (Wildman–Crippen LogP) is 7.23. The van der Waals surface area contributed by atoms with Crippen LogP contribution in [0, 0.1) is 6.92 Å². The standard InChI is InChI=1S/C33H33N5O/c1-4-24-15-19-26(20-16-24)34-33(39)37-22-28-29(5-2)35-38(27-10-7-6-8-11-27)32(28)36-21-9-12-30(36)31(37)25-17-13-23(3)14-18-25/h6-21,31H,4-5,22H2,1-3H3,(H,34,39)/t31-/m1/s1. The summed E-state index contributed by atoms with van der Waals surface area (Å²) >= 11 is 0. The third-order valence-corrected chi connectivity index (χ3v) is 7.57. The van der Waals surface area contributed by atoms with Crippen molar-refractivity contribution in [2.45, 2.75) is 46.2 Å². The Bertz CT molecular complexity index is 1600. The largest absolute Gasteiger partial charge is 0.322 e. The van der Waals surface area contributed by atoms with Crippen molar-refractivity contribution >= 4 is 11.7 Å². The van der Waals surface area contributed by atoms with Gasteiger partial charge in [-0.2, -0.15) is 5.10 Å². The van der Waals surface area contributed by atoms with Crippen molar-refractivity contribution in [2.24, 2.45) is 0 Å². The fourth-order valence-corrected chi connectivity index (χ4v) is 5.47. The SMILES string of the molecule is CCc1ccc(NC(=O)N2Cc3c(CC)nn(-c4ccccc4)c3-n3cccc3[C@H]2c2ccc(C)cc2)cc1. The molecule has 5 aromatic rings. The maximum atomic E-state index is 14.1. The van der Waals surface area contributed by atoms with Gasteiger partial charge in [0.1, 0.15) is 5.82 Å². The van der Waals surface area contributed by atoms with E-state index in [1.165, 1.54) is 11.1 Å². The van der Waals surface area contributed by atoms with Crippen LogP contribution in [0.3, 0.4) is 0 Å². The number of aromatic nitrogens is 3. The molecular formula is C33H33N5O. The van der Waals surface area contributed by atoms with Gasteiger partial charge in [0.2, 0.25) is 0 Å². The van der Waals surface area contributed by atoms with Crippen LogP contribution in [0.25, 0.3) is 11.5 Å². The van der Waals surface area contributed by atoms with Crippen LogP contribution in [0.15, 0.2) is 97.2 Å². The number of nitrogens with one attached hydrogen (secondary N) is 1. The lowest BCUT2D eigenvalue weighted by Gasteiger charge is -2.31. The second kappa shape index (κ2) is 10.3. The minimum atomic E-state index is -0.281. The molecule has 6 rings (SSSR count). The van der Waals surface area contributed by atoms with Crippen molar-refractivity contribution in [2.75, 3.05) is 5.32 Å². The predicted molar refractivity (Wildman–Crippen MR) is 156 cm³/mol. The van der Waals surface area contributed by atoms with E-state index in [0.717, 1.165) is 52.5 Å². The summed E-state index contributed by atoms with van der Waals surface area (Å²) in [6, 6.07) is 30.6. The minimum absolute atomic E-state index is 0.139. The van der Waals surface area contributed by atoms with Gasteiger partial charge in [-0.3, -0.25) is 0 Å². The number of urea groups is 1.